The van der Waals surface area contributed by atoms with Crippen LogP contribution >= 0.6 is 0 Å². The summed E-state index contributed by atoms with van der Waals surface area (Å²) < 4.78 is 4.92. The van der Waals surface area contributed by atoms with Crippen LogP contribution in [-0.4, -0.2) is 30.9 Å². The van der Waals surface area contributed by atoms with E-state index in [1.807, 2.05) is 0 Å². The van der Waals surface area contributed by atoms with Crippen LogP contribution in [0.15, 0.2) is 36.4 Å². The lowest BCUT2D eigenvalue weighted by atomic mass is 10.2. The molecule has 0 saturated heterocycles. The topological polar surface area (TPSA) is 84.5 Å². The highest BCUT2D eigenvalue weighted by Crippen LogP contribution is 2.13. The quantitative estimate of drug-likeness (QED) is 0.345. The Hall–Kier alpha value is -2.63. The van der Waals surface area contributed by atoms with Crippen LogP contribution in [0.5, 0.6) is 5.75 Å². The van der Waals surface area contributed by atoms with Gasteiger partial charge in [0.15, 0.2) is 0 Å². The average molecular weight is 304 g/mol. The van der Waals surface area contributed by atoms with Crippen molar-refractivity contribution >= 4 is 17.8 Å². The third-order valence-corrected chi connectivity index (χ3v) is 2.67. The smallest absolute Gasteiger partial charge is 0.308 e. The molecule has 1 rings (SSSR count). The van der Waals surface area contributed by atoms with Crippen LogP contribution in [0.2, 0.25) is 0 Å². The minimum absolute atomic E-state index is 0.194. The van der Waals surface area contributed by atoms with Gasteiger partial charge in [0.25, 0.3) is 5.91 Å². The first kappa shape index (κ1) is 17.4. The number of carbonyl (C=O) groups excluding carboxylic acids is 3. The van der Waals surface area contributed by atoms with Crippen LogP contribution in [0.1, 0.15) is 30.6 Å². The predicted molar refractivity (Wildman–Crippen MR) is 82.5 cm³/mol. The summed E-state index contributed by atoms with van der Waals surface area (Å²) in [6, 6.07) is 6.37. The van der Waals surface area contributed by atoms with E-state index in [0.717, 1.165) is 0 Å². The molecular weight excluding hydrogens is 284 g/mol. The monoisotopic (exact) mass is 304 g/mol. The Kier molecular flexibility index (Phi) is 6.82. The highest BCUT2D eigenvalue weighted by atomic mass is 16.5. The first-order valence-corrected chi connectivity index (χ1v) is 6.90. The van der Waals surface area contributed by atoms with Crippen LogP contribution < -0.4 is 15.4 Å². The summed E-state index contributed by atoms with van der Waals surface area (Å²) in [7, 11) is 0. The number of benzene rings is 1. The maximum Gasteiger partial charge on any atom is 0.308 e. The SMILES string of the molecule is C=C(C)C(=O)NCCCNC(=O)c1cccc(OC(C)=O)c1. The number of carbonyl (C=O) groups is 3. The van der Waals surface area contributed by atoms with E-state index in [9.17, 15) is 14.4 Å². The van der Waals surface area contributed by atoms with Crippen molar-refractivity contribution in [2.45, 2.75) is 20.3 Å². The van der Waals surface area contributed by atoms with E-state index < -0.39 is 5.97 Å². The Morgan fingerprint density at radius 3 is 2.45 bits per heavy atom. The molecule has 2 amide bonds. The maximum atomic E-state index is 11.9. The summed E-state index contributed by atoms with van der Waals surface area (Å²) in [5, 5.41) is 5.41. The van der Waals surface area contributed by atoms with Crippen molar-refractivity contribution < 1.29 is 19.1 Å². The Morgan fingerprint density at radius 2 is 1.82 bits per heavy atom. The molecule has 0 fully saturated rings. The van der Waals surface area contributed by atoms with Crippen molar-refractivity contribution in [3.05, 3.63) is 42.0 Å². The van der Waals surface area contributed by atoms with Gasteiger partial charge in [-0.25, -0.2) is 0 Å². The lowest BCUT2D eigenvalue weighted by Crippen LogP contribution is -2.30. The number of amides is 2. The second-order valence-corrected chi connectivity index (χ2v) is 4.77. The van der Waals surface area contributed by atoms with Crippen LogP contribution in [0.3, 0.4) is 0 Å². The summed E-state index contributed by atoms with van der Waals surface area (Å²) in [5.74, 6) is -0.569. The fourth-order valence-electron chi connectivity index (χ4n) is 1.61. The zero-order valence-electron chi connectivity index (χ0n) is 12.8. The Bertz CT molecular complexity index is 581. The minimum Gasteiger partial charge on any atom is -0.427 e. The van der Waals surface area contributed by atoms with Gasteiger partial charge in [0.05, 0.1) is 0 Å². The molecule has 0 atom stereocenters. The molecule has 0 aliphatic carbocycles. The summed E-state index contributed by atoms with van der Waals surface area (Å²) in [6.45, 7) is 7.34. The van der Waals surface area contributed by atoms with Crippen molar-refractivity contribution in [3.8, 4) is 5.75 Å². The highest BCUT2D eigenvalue weighted by Gasteiger charge is 2.07. The van der Waals surface area contributed by atoms with Crippen molar-refractivity contribution in [2.75, 3.05) is 13.1 Å². The van der Waals surface area contributed by atoms with E-state index >= 15 is 0 Å². The number of hydrogen-bond acceptors (Lipinski definition) is 4. The van der Waals surface area contributed by atoms with E-state index in [1.54, 1.807) is 25.1 Å². The molecule has 0 radical (unpaired) electrons. The molecule has 0 aromatic heterocycles. The molecule has 1 aromatic rings. The Balaban J connectivity index is 2.38. The average Bonchev–Trinajstić information content (AvgIpc) is 2.45. The third-order valence-electron chi connectivity index (χ3n) is 2.67. The Labute approximate surface area is 129 Å². The van der Waals surface area contributed by atoms with E-state index in [0.29, 0.717) is 36.4 Å². The fourth-order valence-corrected chi connectivity index (χ4v) is 1.61. The van der Waals surface area contributed by atoms with Gasteiger partial charge < -0.3 is 15.4 Å². The molecule has 0 heterocycles. The second-order valence-electron chi connectivity index (χ2n) is 4.77. The first-order chi connectivity index (χ1) is 10.4. The zero-order valence-corrected chi connectivity index (χ0v) is 12.8. The minimum atomic E-state index is -0.439. The molecule has 0 saturated carbocycles. The van der Waals surface area contributed by atoms with Gasteiger partial charge in [0, 0.05) is 31.1 Å². The summed E-state index contributed by atoms with van der Waals surface area (Å²) in [4.78, 5) is 34.1. The number of ether oxygens (including phenoxy) is 1. The van der Waals surface area contributed by atoms with Crippen molar-refractivity contribution in [1.29, 1.82) is 0 Å². The van der Waals surface area contributed by atoms with Crippen molar-refractivity contribution in [3.63, 3.8) is 0 Å². The van der Waals surface area contributed by atoms with Gasteiger partial charge >= 0.3 is 5.97 Å². The van der Waals surface area contributed by atoms with E-state index in [1.165, 1.54) is 13.0 Å². The van der Waals surface area contributed by atoms with E-state index in [2.05, 4.69) is 17.2 Å². The van der Waals surface area contributed by atoms with Gasteiger partial charge in [0.1, 0.15) is 5.75 Å². The molecule has 2 N–H and O–H groups in total. The van der Waals surface area contributed by atoms with Gasteiger partial charge in [-0.2, -0.15) is 0 Å². The molecule has 0 aliphatic heterocycles. The summed E-state index contributed by atoms with van der Waals surface area (Å²) in [6.07, 6.45) is 0.606. The highest BCUT2D eigenvalue weighted by molar-refractivity contribution is 5.94. The summed E-state index contributed by atoms with van der Waals surface area (Å²) in [5.41, 5.74) is 0.857. The van der Waals surface area contributed by atoms with Crippen LogP contribution in [0.4, 0.5) is 0 Å². The van der Waals surface area contributed by atoms with Gasteiger partial charge in [-0.3, -0.25) is 14.4 Å². The number of esters is 1. The maximum absolute atomic E-state index is 11.9. The number of nitrogens with one attached hydrogen (secondary N) is 2. The second kappa shape index (κ2) is 8.61. The van der Waals surface area contributed by atoms with Gasteiger partial charge in [-0.1, -0.05) is 12.6 Å². The molecule has 6 nitrogen and oxygen atoms in total. The molecule has 0 unspecified atom stereocenters. The molecule has 0 spiro atoms. The van der Waals surface area contributed by atoms with Gasteiger partial charge in [0.2, 0.25) is 5.91 Å². The van der Waals surface area contributed by atoms with Gasteiger partial charge in [-0.05, 0) is 31.5 Å². The molecule has 22 heavy (non-hydrogen) atoms. The Morgan fingerprint density at radius 1 is 1.14 bits per heavy atom. The van der Waals surface area contributed by atoms with Crippen molar-refractivity contribution in [2.24, 2.45) is 0 Å². The summed E-state index contributed by atoms with van der Waals surface area (Å²) >= 11 is 0. The normalized spacial score (nSPS) is 9.73. The molecule has 6 heteroatoms. The molecule has 118 valence electrons. The standard InChI is InChI=1S/C16H20N2O4/c1-11(2)15(20)17-8-5-9-18-16(21)13-6-4-7-14(10-13)22-12(3)19/h4,6-7,10H,1,5,8-9H2,2-3H3,(H,17,20)(H,18,21). The number of hydrogen-bond donors (Lipinski definition) is 2. The zero-order chi connectivity index (χ0) is 16.5. The van der Waals surface area contributed by atoms with Crippen LogP contribution in [0, 0.1) is 0 Å². The number of rotatable bonds is 7. The van der Waals surface area contributed by atoms with E-state index in [-0.39, 0.29) is 11.8 Å². The van der Waals surface area contributed by atoms with Crippen LogP contribution in [-0.2, 0) is 9.59 Å². The molecule has 1 aromatic carbocycles. The first-order valence-electron chi connectivity index (χ1n) is 6.90. The third kappa shape index (κ3) is 6.21. The lowest BCUT2D eigenvalue weighted by molar-refractivity contribution is -0.131. The molecule has 0 aliphatic rings. The van der Waals surface area contributed by atoms with Crippen LogP contribution in [0.25, 0.3) is 0 Å². The lowest BCUT2D eigenvalue weighted by Gasteiger charge is -2.08. The largest absolute Gasteiger partial charge is 0.427 e. The fraction of sp³-hybridized carbons (Fsp3) is 0.312. The molecular formula is C16H20N2O4. The predicted octanol–water partition coefficient (Wildman–Crippen LogP) is 1.42. The molecule has 0 bridgehead atoms. The van der Waals surface area contributed by atoms with Gasteiger partial charge in [-0.15, -0.1) is 0 Å². The van der Waals surface area contributed by atoms with Crippen molar-refractivity contribution in [1.82, 2.24) is 10.6 Å². The van der Waals surface area contributed by atoms with E-state index in [4.69, 9.17) is 4.74 Å².